The van der Waals surface area contributed by atoms with E-state index in [2.05, 4.69) is 4.90 Å². The molecule has 1 aliphatic heterocycles. The third-order valence-electron chi connectivity index (χ3n) is 5.59. The molecule has 3 rings (SSSR count). The molecule has 0 spiro atoms. The number of rotatable bonds is 6. The molecule has 3 atom stereocenters. The normalized spacial score (nSPS) is 29.8. The molecule has 0 aromatic heterocycles. The largest absolute Gasteiger partial charge is 0.394 e. The zero-order chi connectivity index (χ0) is 18.0. The predicted octanol–water partition coefficient (Wildman–Crippen LogP) is 3.14. The number of hydrogen-bond donors (Lipinski definition) is 1. The SMILES string of the molecule is CO[C@@]12CC[C@@H](OCCO)C[C@@H]1N(Cc1ccc(F)c(Cl)c1F)CC2. The Labute approximate surface area is 151 Å². The summed E-state index contributed by atoms with van der Waals surface area (Å²) in [7, 11) is 1.72. The van der Waals surface area contributed by atoms with Crippen LogP contribution in [-0.2, 0) is 16.0 Å². The van der Waals surface area contributed by atoms with Crippen molar-refractivity contribution in [1.82, 2.24) is 4.90 Å². The van der Waals surface area contributed by atoms with Gasteiger partial charge in [0.25, 0.3) is 0 Å². The molecule has 1 saturated carbocycles. The third kappa shape index (κ3) is 3.69. The van der Waals surface area contributed by atoms with Gasteiger partial charge in [0.05, 0.1) is 24.9 Å². The van der Waals surface area contributed by atoms with Crippen molar-refractivity contribution in [2.24, 2.45) is 0 Å². The van der Waals surface area contributed by atoms with Crippen LogP contribution in [0.1, 0.15) is 31.2 Å². The maximum Gasteiger partial charge on any atom is 0.149 e. The summed E-state index contributed by atoms with van der Waals surface area (Å²) in [6.07, 6.45) is 3.45. The van der Waals surface area contributed by atoms with Crippen molar-refractivity contribution in [2.75, 3.05) is 26.9 Å². The molecular formula is C18H24ClF2NO3. The highest BCUT2D eigenvalue weighted by atomic mass is 35.5. The Balaban J connectivity index is 1.76. The summed E-state index contributed by atoms with van der Waals surface area (Å²) in [5.74, 6) is -1.44. The van der Waals surface area contributed by atoms with Crippen molar-refractivity contribution < 1.29 is 23.4 Å². The molecule has 25 heavy (non-hydrogen) atoms. The quantitative estimate of drug-likeness (QED) is 0.776. The number of benzene rings is 1. The molecule has 4 nitrogen and oxygen atoms in total. The van der Waals surface area contributed by atoms with Crippen LogP contribution in [0.2, 0.25) is 5.02 Å². The van der Waals surface area contributed by atoms with Gasteiger partial charge in [-0.3, -0.25) is 4.90 Å². The summed E-state index contributed by atoms with van der Waals surface area (Å²) in [6.45, 7) is 1.45. The van der Waals surface area contributed by atoms with Gasteiger partial charge in [-0.2, -0.15) is 0 Å². The van der Waals surface area contributed by atoms with Crippen molar-refractivity contribution in [2.45, 2.75) is 50.0 Å². The van der Waals surface area contributed by atoms with Crippen LogP contribution in [0, 0.1) is 11.6 Å². The van der Waals surface area contributed by atoms with Crippen molar-refractivity contribution in [3.8, 4) is 0 Å². The van der Waals surface area contributed by atoms with Crippen molar-refractivity contribution in [1.29, 1.82) is 0 Å². The van der Waals surface area contributed by atoms with E-state index in [4.69, 9.17) is 26.2 Å². The second-order valence-corrected chi connectivity index (χ2v) is 7.21. The first kappa shape index (κ1) is 19.0. The number of hydrogen-bond acceptors (Lipinski definition) is 4. The van der Waals surface area contributed by atoms with Crippen LogP contribution < -0.4 is 0 Å². The maximum atomic E-state index is 14.3. The predicted molar refractivity (Wildman–Crippen MR) is 90.6 cm³/mol. The van der Waals surface area contributed by atoms with Gasteiger partial charge in [0, 0.05) is 31.8 Å². The van der Waals surface area contributed by atoms with Gasteiger partial charge < -0.3 is 14.6 Å². The van der Waals surface area contributed by atoms with E-state index in [1.807, 2.05) is 0 Å². The minimum absolute atomic E-state index is 0.000405. The molecule has 7 heteroatoms. The van der Waals surface area contributed by atoms with Gasteiger partial charge in [0.15, 0.2) is 0 Å². The Kier molecular flexibility index (Phi) is 5.96. The van der Waals surface area contributed by atoms with Crippen LogP contribution >= 0.6 is 11.6 Å². The van der Waals surface area contributed by atoms with Gasteiger partial charge in [-0.15, -0.1) is 0 Å². The van der Waals surface area contributed by atoms with E-state index < -0.39 is 16.7 Å². The van der Waals surface area contributed by atoms with Crippen LogP contribution in [0.15, 0.2) is 12.1 Å². The number of methoxy groups -OCH3 is 1. The van der Waals surface area contributed by atoms with Gasteiger partial charge in [-0.25, -0.2) is 8.78 Å². The van der Waals surface area contributed by atoms with E-state index >= 15 is 0 Å². The summed E-state index contributed by atoms with van der Waals surface area (Å²) >= 11 is 5.70. The molecule has 1 aromatic carbocycles. The smallest absolute Gasteiger partial charge is 0.149 e. The Morgan fingerprint density at radius 2 is 2.16 bits per heavy atom. The lowest BCUT2D eigenvalue weighted by molar-refractivity contribution is -0.104. The van der Waals surface area contributed by atoms with E-state index in [1.165, 1.54) is 12.1 Å². The van der Waals surface area contributed by atoms with Gasteiger partial charge >= 0.3 is 0 Å². The van der Waals surface area contributed by atoms with Crippen LogP contribution in [0.3, 0.4) is 0 Å². The fourth-order valence-corrected chi connectivity index (χ4v) is 4.41. The molecule has 0 bridgehead atoms. The number of halogens is 3. The summed E-state index contributed by atoms with van der Waals surface area (Å²) in [5, 5.41) is 8.51. The zero-order valence-electron chi connectivity index (χ0n) is 14.3. The standard InChI is InChI=1S/C18H24ClF2NO3/c1-24-18-5-4-13(25-9-8-23)10-15(18)22(7-6-18)11-12-2-3-14(20)16(19)17(12)21/h2-3,13,15,23H,4-11H2,1H3/t13-,15+,18-/m1/s1. The first-order chi connectivity index (χ1) is 12.0. The fraction of sp³-hybridized carbons (Fsp3) is 0.667. The number of fused-ring (bicyclic) bond motifs is 1. The zero-order valence-corrected chi connectivity index (χ0v) is 15.1. The second kappa shape index (κ2) is 7.84. The van der Waals surface area contributed by atoms with Crippen molar-refractivity contribution in [3.05, 3.63) is 34.4 Å². The molecule has 1 aromatic rings. The van der Waals surface area contributed by atoms with Gasteiger partial charge in [0.1, 0.15) is 16.7 Å². The van der Waals surface area contributed by atoms with Gasteiger partial charge in [-0.1, -0.05) is 17.7 Å². The number of aliphatic hydroxyl groups excluding tert-OH is 1. The molecule has 0 radical (unpaired) electrons. The maximum absolute atomic E-state index is 14.3. The van der Waals surface area contributed by atoms with Crippen molar-refractivity contribution in [3.63, 3.8) is 0 Å². The summed E-state index contributed by atoms with van der Waals surface area (Å²) < 4.78 is 39.2. The van der Waals surface area contributed by atoms with Gasteiger partial charge in [-0.05, 0) is 31.7 Å². The highest BCUT2D eigenvalue weighted by Crippen LogP contribution is 2.44. The van der Waals surface area contributed by atoms with Crippen LogP contribution in [0.25, 0.3) is 0 Å². The first-order valence-corrected chi connectivity index (χ1v) is 9.02. The Morgan fingerprint density at radius 3 is 2.88 bits per heavy atom. The Morgan fingerprint density at radius 1 is 1.36 bits per heavy atom. The summed E-state index contributed by atoms with van der Waals surface area (Å²) in [6, 6.07) is 2.75. The number of likely N-dealkylation sites (tertiary alicyclic amines) is 1. The van der Waals surface area contributed by atoms with E-state index in [0.717, 1.165) is 32.2 Å². The molecule has 140 valence electrons. The monoisotopic (exact) mass is 375 g/mol. The lowest BCUT2D eigenvalue weighted by atomic mass is 9.79. The average molecular weight is 376 g/mol. The lowest BCUT2D eigenvalue weighted by Crippen LogP contribution is -2.51. The third-order valence-corrected chi connectivity index (χ3v) is 5.93. The van der Waals surface area contributed by atoms with Crippen LogP contribution in [-0.4, -0.2) is 54.6 Å². The second-order valence-electron chi connectivity index (χ2n) is 6.83. The van der Waals surface area contributed by atoms with Crippen LogP contribution in [0.4, 0.5) is 8.78 Å². The number of aliphatic hydroxyl groups is 1. The van der Waals surface area contributed by atoms with Crippen molar-refractivity contribution >= 4 is 11.6 Å². The summed E-state index contributed by atoms with van der Waals surface area (Å²) in [4.78, 5) is 2.17. The molecule has 1 heterocycles. The van der Waals surface area contributed by atoms with Crippen LogP contribution in [0.5, 0.6) is 0 Å². The van der Waals surface area contributed by atoms with Gasteiger partial charge in [0.2, 0.25) is 0 Å². The summed E-state index contributed by atoms with van der Waals surface area (Å²) in [5.41, 5.74) is 0.135. The lowest BCUT2D eigenvalue weighted by Gasteiger charge is -2.43. The highest BCUT2D eigenvalue weighted by Gasteiger charge is 2.51. The van der Waals surface area contributed by atoms with E-state index in [1.54, 1.807) is 7.11 Å². The molecular weight excluding hydrogens is 352 g/mol. The minimum Gasteiger partial charge on any atom is -0.394 e. The molecule has 2 aliphatic rings. The molecule has 2 fully saturated rings. The average Bonchev–Trinajstić information content (AvgIpc) is 2.99. The topological polar surface area (TPSA) is 41.9 Å². The molecule has 0 amide bonds. The number of ether oxygens (including phenoxy) is 2. The molecule has 1 N–H and O–H groups in total. The van der Waals surface area contributed by atoms with E-state index in [-0.39, 0.29) is 24.4 Å². The Bertz CT molecular complexity index is 618. The molecule has 1 aliphatic carbocycles. The highest BCUT2D eigenvalue weighted by molar-refractivity contribution is 6.30. The number of nitrogens with zero attached hydrogens (tertiary/aromatic N) is 1. The molecule has 1 saturated heterocycles. The van der Waals surface area contributed by atoms with E-state index in [0.29, 0.717) is 18.7 Å². The molecule has 0 unspecified atom stereocenters. The minimum atomic E-state index is -0.745. The first-order valence-electron chi connectivity index (χ1n) is 8.65. The fourth-order valence-electron chi connectivity index (χ4n) is 4.22. The Hall–Kier alpha value is -0.790. The van der Waals surface area contributed by atoms with E-state index in [9.17, 15) is 8.78 Å².